The van der Waals surface area contributed by atoms with Crippen LogP contribution in [0, 0.1) is 0 Å². The molecule has 0 amide bonds. The first-order chi connectivity index (χ1) is 20.1. The van der Waals surface area contributed by atoms with E-state index in [1.807, 2.05) is 18.0 Å². The third-order valence-electron chi connectivity index (χ3n) is 8.91. The smallest absolute Gasteiger partial charge is 0.0971 e. The van der Waals surface area contributed by atoms with Crippen LogP contribution in [0.1, 0.15) is 25.0 Å². The molecule has 1 aliphatic carbocycles. The Morgan fingerprint density at radius 3 is 1.90 bits per heavy atom. The zero-order valence-corrected chi connectivity index (χ0v) is 23.5. The number of hydrogen-bond donors (Lipinski definition) is 0. The predicted molar refractivity (Wildman–Crippen MR) is 171 cm³/mol. The molecule has 41 heavy (non-hydrogen) atoms. The average molecular weight is 544 g/mol. The lowest BCUT2D eigenvalue weighted by molar-refractivity contribution is 0.661. The molecule has 1 aliphatic heterocycles. The quantitative estimate of drug-likeness (QED) is 0.193. The number of fused-ring (bicyclic) bond motifs is 11. The van der Waals surface area contributed by atoms with Crippen LogP contribution < -0.4 is 4.90 Å². The molecule has 0 N–H and O–H groups in total. The summed E-state index contributed by atoms with van der Waals surface area (Å²) in [5.41, 5.74) is 10.7. The Labute approximate surface area is 242 Å². The monoisotopic (exact) mass is 543 g/mol. The van der Waals surface area contributed by atoms with Crippen molar-refractivity contribution >= 4 is 61.4 Å². The van der Waals surface area contributed by atoms with Crippen LogP contribution in [0.5, 0.6) is 0 Å². The van der Waals surface area contributed by atoms with E-state index in [9.17, 15) is 0 Å². The van der Waals surface area contributed by atoms with Crippen LogP contribution in [-0.4, -0.2) is 9.97 Å². The summed E-state index contributed by atoms with van der Waals surface area (Å²) < 4.78 is 0. The first-order valence-electron chi connectivity index (χ1n) is 14.0. The lowest BCUT2D eigenvalue weighted by Gasteiger charge is -2.33. The third kappa shape index (κ3) is 3.11. The largest absolute Gasteiger partial charge is 0.308 e. The maximum absolute atomic E-state index is 4.85. The van der Waals surface area contributed by atoms with Gasteiger partial charge in [-0.05, 0) is 81.6 Å². The average Bonchev–Trinajstić information content (AvgIpc) is 3.24. The Morgan fingerprint density at radius 2 is 1.17 bits per heavy atom. The van der Waals surface area contributed by atoms with E-state index < -0.39 is 0 Å². The van der Waals surface area contributed by atoms with Gasteiger partial charge in [-0.25, -0.2) is 0 Å². The second-order valence-electron chi connectivity index (χ2n) is 11.5. The van der Waals surface area contributed by atoms with Crippen LogP contribution in [0.15, 0.2) is 125 Å². The van der Waals surface area contributed by atoms with Gasteiger partial charge < -0.3 is 4.90 Å². The zero-order chi connectivity index (χ0) is 27.3. The molecule has 2 aliphatic rings. The maximum Gasteiger partial charge on any atom is 0.0971 e. The highest BCUT2D eigenvalue weighted by Gasteiger charge is 2.37. The SMILES string of the molecule is CC1(C)c2ccc(N3c4ccccc4Sc4ccccc43)cc2-c2cc3c(cc21)c1ccccc1c1nccnc31. The van der Waals surface area contributed by atoms with Gasteiger partial charge >= 0.3 is 0 Å². The number of aromatic nitrogens is 2. The molecule has 0 bridgehead atoms. The van der Waals surface area contributed by atoms with Crippen LogP contribution in [0.25, 0.3) is 43.7 Å². The highest BCUT2D eigenvalue weighted by atomic mass is 32.2. The van der Waals surface area contributed by atoms with Crippen molar-refractivity contribution in [2.24, 2.45) is 0 Å². The lowest BCUT2D eigenvalue weighted by atomic mass is 9.81. The molecule has 0 unspecified atom stereocenters. The van der Waals surface area contributed by atoms with E-state index in [1.54, 1.807) is 6.20 Å². The fraction of sp³-hybridized carbons (Fsp3) is 0.0811. The number of rotatable bonds is 1. The van der Waals surface area contributed by atoms with Gasteiger partial charge in [0.25, 0.3) is 0 Å². The Morgan fingerprint density at radius 1 is 0.561 bits per heavy atom. The number of para-hydroxylation sites is 2. The molecule has 7 aromatic rings. The molecule has 1 aromatic heterocycles. The van der Waals surface area contributed by atoms with Crippen LogP contribution in [-0.2, 0) is 5.41 Å². The van der Waals surface area contributed by atoms with Gasteiger partial charge in [-0.1, -0.05) is 80.2 Å². The van der Waals surface area contributed by atoms with Crippen LogP contribution in [0.2, 0.25) is 0 Å². The zero-order valence-electron chi connectivity index (χ0n) is 22.7. The van der Waals surface area contributed by atoms with E-state index in [0.717, 1.165) is 21.8 Å². The molecular weight excluding hydrogens is 518 g/mol. The van der Waals surface area contributed by atoms with E-state index in [2.05, 4.69) is 122 Å². The first-order valence-corrected chi connectivity index (χ1v) is 14.8. The van der Waals surface area contributed by atoms with Gasteiger partial charge in [-0.15, -0.1) is 0 Å². The second-order valence-corrected chi connectivity index (χ2v) is 12.6. The van der Waals surface area contributed by atoms with Crippen molar-refractivity contribution in [1.82, 2.24) is 9.97 Å². The van der Waals surface area contributed by atoms with Crippen molar-refractivity contribution in [2.45, 2.75) is 29.1 Å². The molecule has 0 saturated carbocycles. The fourth-order valence-corrected chi connectivity index (χ4v) is 8.04. The van der Waals surface area contributed by atoms with Crippen molar-refractivity contribution < 1.29 is 0 Å². The maximum atomic E-state index is 4.85. The van der Waals surface area contributed by atoms with E-state index in [4.69, 9.17) is 9.97 Å². The van der Waals surface area contributed by atoms with Crippen molar-refractivity contribution in [3.8, 4) is 11.1 Å². The van der Waals surface area contributed by atoms with Crippen molar-refractivity contribution in [1.29, 1.82) is 0 Å². The number of benzene rings is 6. The summed E-state index contributed by atoms with van der Waals surface area (Å²) in [5, 5.41) is 4.78. The minimum Gasteiger partial charge on any atom is -0.308 e. The molecule has 0 radical (unpaired) electrons. The molecule has 9 rings (SSSR count). The summed E-state index contributed by atoms with van der Waals surface area (Å²) in [6, 6.07) is 37.8. The predicted octanol–water partition coefficient (Wildman–Crippen LogP) is 10.2. The molecule has 0 saturated heterocycles. The van der Waals surface area contributed by atoms with Gasteiger partial charge in [0.2, 0.25) is 0 Å². The standard InChI is InChI=1S/C37H25N3S/c1-37(2)29-16-15-22(40-31-11-5-7-13-33(31)41-34-14-8-6-12-32(34)40)19-26(29)27-20-28-25(21-30(27)37)23-9-3-4-10-24(23)35-36(28)39-18-17-38-35/h3-21H,1-2H3. The van der Waals surface area contributed by atoms with Crippen molar-refractivity contribution in [3.05, 3.63) is 127 Å². The minimum atomic E-state index is -0.122. The molecule has 0 spiro atoms. The highest BCUT2D eigenvalue weighted by molar-refractivity contribution is 7.99. The van der Waals surface area contributed by atoms with Crippen molar-refractivity contribution in [3.63, 3.8) is 0 Å². The molecule has 0 fully saturated rings. The number of nitrogens with zero attached hydrogens (tertiary/aromatic N) is 3. The molecule has 3 nitrogen and oxygen atoms in total. The van der Waals surface area contributed by atoms with E-state index >= 15 is 0 Å². The van der Waals surface area contributed by atoms with Crippen LogP contribution in [0.3, 0.4) is 0 Å². The van der Waals surface area contributed by atoms with E-state index in [0.29, 0.717) is 0 Å². The number of anilines is 3. The molecule has 194 valence electrons. The van der Waals surface area contributed by atoms with Gasteiger partial charge in [0, 0.05) is 44.1 Å². The van der Waals surface area contributed by atoms with Gasteiger partial charge in [0.05, 0.1) is 22.4 Å². The van der Waals surface area contributed by atoms with Crippen LogP contribution >= 0.6 is 11.8 Å². The van der Waals surface area contributed by atoms with Gasteiger partial charge in [0.15, 0.2) is 0 Å². The second kappa shape index (κ2) is 8.18. The topological polar surface area (TPSA) is 29.0 Å². The molecule has 0 atom stereocenters. The van der Waals surface area contributed by atoms with Gasteiger partial charge in [-0.2, -0.15) is 0 Å². The summed E-state index contributed by atoms with van der Waals surface area (Å²) in [6.07, 6.45) is 3.61. The summed E-state index contributed by atoms with van der Waals surface area (Å²) in [7, 11) is 0. The third-order valence-corrected chi connectivity index (χ3v) is 10.0. The normalized spacial score (nSPS) is 14.6. The Kier molecular flexibility index (Phi) is 4.61. The first kappa shape index (κ1) is 23.1. The molecule has 2 heterocycles. The summed E-state index contributed by atoms with van der Waals surface area (Å²) in [6.45, 7) is 4.71. The van der Waals surface area contributed by atoms with E-state index in [-0.39, 0.29) is 5.41 Å². The Hall–Kier alpha value is -4.67. The highest BCUT2D eigenvalue weighted by Crippen LogP contribution is 2.55. The molecular formula is C37H25N3S. The van der Waals surface area contributed by atoms with Gasteiger partial charge in [0.1, 0.15) is 0 Å². The summed E-state index contributed by atoms with van der Waals surface area (Å²) in [5.74, 6) is 0. The Balaban J connectivity index is 1.33. The lowest BCUT2D eigenvalue weighted by Crippen LogP contribution is -2.16. The minimum absolute atomic E-state index is 0.122. The van der Waals surface area contributed by atoms with E-state index in [1.165, 1.54) is 59.9 Å². The fourth-order valence-electron chi connectivity index (χ4n) is 6.98. The molecule has 4 heteroatoms. The van der Waals surface area contributed by atoms with Gasteiger partial charge in [-0.3, -0.25) is 9.97 Å². The Bertz CT molecular complexity index is 2190. The number of hydrogen-bond acceptors (Lipinski definition) is 4. The van der Waals surface area contributed by atoms with Crippen LogP contribution in [0.4, 0.5) is 17.1 Å². The molecule has 6 aromatic carbocycles. The summed E-state index contributed by atoms with van der Waals surface area (Å²) >= 11 is 1.84. The summed E-state index contributed by atoms with van der Waals surface area (Å²) in [4.78, 5) is 14.6. The van der Waals surface area contributed by atoms with Crippen molar-refractivity contribution in [2.75, 3.05) is 4.90 Å².